The number of aliphatic imine (C=N–C) groups is 1. The number of halogens is 3. The van der Waals surface area contributed by atoms with E-state index < -0.39 is 48.5 Å². The van der Waals surface area contributed by atoms with Gasteiger partial charge in [0.15, 0.2) is 5.96 Å². The molecule has 4 rings (SSSR count). The first-order valence-corrected chi connectivity index (χ1v) is 14.2. The number of carbonyl (C=O) groups excluding carboxylic acids is 3. The topological polar surface area (TPSA) is 161 Å². The van der Waals surface area contributed by atoms with Gasteiger partial charge >= 0.3 is 5.97 Å². The molecule has 6 N–H and O–H groups in total. The van der Waals surface area contributed by atoms with E-state index in [9.17, 15) is 28.7 Å². The highest BCUT2D eigenvalue weighted by molar-refractivity contribution is 6.40. The molecule has 0 aliphatic carbocycles. The Morgan fingerprint density at radius 2 is 1.68 bits per heavy atom. The van der Waals surface area contributed by atoms with E-state index in [0.29, 0.717) is 17.2 Å². The maximum Gasteiger partial charge on any atom is 0.328 e. The molecule has 1 unspecified atom stereocenters. The van der Waals surface area contributed by atoms with Gasteiger partial charge in [-0.1, -0.05) is 59.6 Å². The molecular formula is C30H29Cl2FN6O5. The molecule has 230 valence electrons. The highest BCUT2D eigenvalue weighted by atomic mass is 35.5. The van der Waals surface area contributed by atoms with E-state index in [1.165, 1.54) is 19.1 Å². The standard InChI is InChI=1S/C30H29Cl2FN6O5/c1-16(37-27(41)18-8-5-9-21(10-18)38-30-35-13-20(33)14-36-30)26(40)34-15-24(29(43)44)39-28(42)25-22(31)11-19(12-23(25)32)17-6-3-2-4-7-17/h2-12,16,20,24H,13-15H2,1H3,(H,34,40)(H,37,41)(H,39,42)(H,43,44)(H2,35,36,38)/t16-,24+/m1/s1. The molecule has 1 aliphatic heterocycles. The molecule has 14 heteroatoms. The molecule has 0 bridgehead atoms. The maximum atomic E-state index is 13.3. The number of nitrogens with one attached hydrogen (secondary N) is 5. The summed E-state index contributed by atoms with van der Waals surface area (Å²) < 4.78 is 13.3. The molecule has 0 spiro atoms. The van der Waals surface area contributed by atoms with Gasteiger partial charge in [0.1, 0.15) is 18.3 Å². The van der Waals surface area contributed by atoms with Crippen molar-refractivity contribution in [3.8, 4) is 11.1 Å². The molecule has 1 aliphatic rings. The number of anilines is 1. The lowest BCUT2D eigenvalue weighted by Crippen LogP contribution is -2.52. The summed E-state index contributed by atoms with van der Waals surface area (Å²) in [5, 5.41) is 22.8. The minimum Gasteiger partial charge on any atom is -0.480 e. The first-order chi connectivity index (χ1) is 21.0. The Morgan fingerprint density at radius 1 is 0.977 bits per heavy atom. The van der Waals surface area contributed by atoms with Crippen LogP contribution in [0.4, 0.5) is 10.1 Å². The van der Waals surface area contributed by atoms with E-state index in [1.54, 1.807) is 24.3 Å². The van der Waals surface area contributed by atoms with Gasteiger partial charge in [0.05, 0.1) is 28.7 Å². The van der Waals surface area contributed by atoms with Crippen LogP contribution in [0.15, 0.2) is 71.7 Å². The third-order valence-corrected chi connectivity index (χ3v) is 7.12. The van der Waals surface area contributed by atoms with Crippen molar-refractivity contribution in [3.05, 3.63) is 87.9 Å². The molecule has 0 saturated heterocycles. The van der Waals surface area contributed by atoms with Gasteiger partial charge in [0.2, 0.25) is 5.91 Å². The Balaban J connectivity index is 1.33. The zero-order valence-corrected chi connectivity index (χ0v) is 24.9. The second-order valence-electron chi connectivity index (χ2n) is 9.86. The summed E-state index contributed by atoms with van der Waals surface area (Å²) in [5.41, 5.74) is 2.14. The first kappa shape index (κ1) is 32.2. The number of hydrogen-bond acceptors (Lipinski definition) is 7. The Morgan fingerprint density at radius 3 is 2.32 bits per heavy atom. The van der Waals surface area contributed by atoms with E-state index in [4.69, 9.17) is 23.2 Å². The van der Waals surface area contributed by atoms with Crippen molar-refractivity contribution in [2.45, 2.75) is 25.2 Å². The lowest BCUT2D eigenvalue weighted by atomic mass is 10.0. The number of carbonyl (C=O) groups is 4. The predicted octanol–water partition coefficient (Wildman–Crippen LogP) is 3.49. The van der Waals surface area contributed by atoms with Crippen molar-refractivity contribution in [2.75, 3.05) is 25.0 Å². The molecule has 44 heavy (non-hydrogen) atoms. The number of carboxylic acids is 1. The highest BCUT2D eigenvalue weighted by Crippen LogP contribution is 2.31. The van der Waals surface area contributed by atoms with Gasteiger partial charge < -0.3 is 31.7 Å². The summed E-state index contributed by atoms with van der Waals surface area (Å²) in [4.78, 5) is 54.3. The Labute approximate surface area is 262 Å². The van der Waals surface area contributed by atoms with Crippen LogP contribution >= 0.6 is 23.2 Å². The van der Waals surface area contributed by atoms with Crippen molar-refractivity contribution in [1.82, 2.24) is 21.3 Å². The fourth-order valence-corrected chi connectivity index (χ4v) is 4.85. The van der Waals surface area contributed by atoms with E-state index >= 15 is 0 Å². The van der Waals surface area contributed by atoms with Crippen LogP contribution in [-0.4, -0.2) is 72.6 Å². The summed E-state index contributed by atoms with van der Waals surface area (Å²) in [6.07, 6.45) is -1.07. The number of carboxylic acid groups (broad SMARTS) is 1. The predicted molar refractivity (Wildman–Crippen MR) is 166 cm³/mol. The minimum atomic E-state index is -1.53. The third kappa shape index (κ3) is 8.45. The average Bonchev–Trinajstić information content (AvgIpc) is 3.00. The molecule has 3 aromatic carbocycles. The number of aliphatic carboxylic acids is 1. The van der Waals surface area contributed by atoms with Crippen LogP contribution in [0.2, 0.25) is 10.0 Å². The van der Waals surface area contributed by atoms with Crippen molar-refractivity contribution < 1.29 is 28.7 Å². The normalized spacial score (nSPS) is 15.5. The van der Waals surface area contributed by atoms with Gasteiger partial charge in [0.25, 0.3) is 11.8 Å². The first-order valence-electron chi connectivity index (χ1n) is 13.5. The second-order valence-corrected chi connectivity index (χ2v) is 10.7. The van der Waals surface area contributed by atoms with Crippen molar-refractivity contribution in [3.63, 3.8) is 0 Å². The molecule has 11 nitrogen and oxygen atoms in total. The smallest absolute Gasteiger partial charge is 0.328 e. The SMILES string of the molecule is C[C@@H](NC(=O)c1cccc(NC2=NCC(F)CN2)c1)C(=O)NC[C@H](NC(=O)c1c(Cl)cc(-c2ccccc2)cc1Cl)C(=O)O. The second kappa shape index (κ2) is 14.7. The Hall–Kier alpha value is -4.68. The fraction of sp³-hybridized carbons (Fsp3) is 0.233. The zero-order chi connectivity index (χ0) is 31.8. The minimum absolute atomic E-state index is 0.0222. The van der Waals surface area contributed by atoms with Crippen LogP contribution < -0.4 is 26.6 Å². The van der Waals surface area contributed by atoms with E-state index in [0.717, 1.165) is 5.56 Å². The van der Waals surface area contributed by atoms with Crippen molar-refractivity contribution in [2.24, 2.45) is 4.99 Å². The molecule has 0 radical (unpaired) electrons. The van der Waals surface area contributed by atoms with Crippen LogP contribution in [-0.2, 0) is 9.59 Å². The van der Waals surface area contributed by atoms with Crippen LogP contribution in [0.3, 0.4) is 0 Å². The van der Waals surface area contributed by atoms with Gasteiger partial charge in [0, 0.05) is 17.8 Å². The van der Waals surface area contributed by atoms with Crippen molar-refractivity contribution in [1.29, 1.82) is 0 Å². The molecule has 0 aromatic heterocycles. The van der Waals surface area contributed by atoms with Gasteiger partial charge in [-0.25, -0.2) is 14.2 Å². The molecule has 3 amide bonds. The average molecular weight is 644 g/mol. The quantitative estimate of drug-likeness (QED) is 0.197. The van der Waals surface area contributed by atoms with E-state index in [2.05, 4.69) is 31.6 Å². The number of guanidine groups is 1. The number of nitrogens with zero attached hydrogens (tertiary/aromatic N) is 1. The molecule has 3 atom stereocenters. The summed E-state index contributed by atoms with van der Waals surface area (Å²) in [6.45, 7) is 1.09. The largest absolute Gasteiger partial charge is 0.480 e. The van der Waals surface area contributed by atoms with Crippen LogP contribution in [0, 0.1) is 0 Å². The van der Waals surface area contributed by atoms with Gasteiger partial charge in [-0.05, 0) is 48.4 Å². The molecule has 0 fully saturated rings. The third-order valence-electron chi connectivity index (χ3n) is 6.53. The summed E-state index contributed by atoms with van der Waals surface area (Å²) in [7, 11) is 0. The number of rotatable bonds is 10. The maximum absolute atomic E-state index is 13.3. The molecule has 1 heterocycles. The summed E-state index contributed by atoms with van der Waals surface area (Å²) in [6, 6.07) is 16.1. The summed E-state index contributed by atoms with van der Waals surface area (Å²) in [5.74, 6) is -3.12. The summed E-state index contributed by atoms with van der Waals surface area (Å²) >= 11 is 12.7. The zero-order valence-electron chi connectivity index (χ0n) is 23.4. The highest BCUT2D eigenvalue weighted by Gasteiger charge is 2.26. The van der Waals surface area contributed by atoms with Crippen LogP contribution in [0.1, 0.15) is 27.6 Å². The number of hydrogen-bond donors (Lipinski definition) is 6. The van der Waals surface area contributed by atoms with Gasteiger partial charge in [-0.3, -0.25) is 14.4 Å². The van der Waals surface area contributed by atoms with E-state index in [1.807, 2.05) is 30.3 Å². The number of alkyl halides is 1. The van der Waals surface area contributed by atoms with Crippen LogP contribution in [0.25, 0.3) is 11.1 Å². The lowest BCUT2D eigenvalue weighted by molar-refractivity contribution is -0.139. The Kier molecular flexibility index (Phi) is 10.7. The van der Waals surface area contributed by atoms with E-state index in [-0.39, 0.29) is 34.3 Å². The number of amides is 3. The fourth-order valence-electron chi connectivity index (χ4n) is 4.20. The Bertz CT molecular complexity index is 1570. The van der Waals surface area contributed by atoms with Crippen molar-refractivity contribution >= 4 is 58.5 Å². The monoisotopic (exact) mass is 642 g/mol. The molecule has 3 aromatic rings. The van der Waals surface area contributed by atoms with Gasteiger partial charge in [-0.2, -0.15) is 0 Å². The number of benzene rings is 3. The molecular weight excluding hydrogens is 614 g/mol. The molecule has 0 saturated carbocycles. The van der Waals surface area contributed by atoms with Gasteiger partial charge in [-0.15, -0.1) is 0 Å². The van der Waals surface area contributed by atoms with Crippen LogP contribution in [0.5, 0.6) is 0 Å². The lowest BCUT2D eigenvalue weighted by Gasteiger charge is -2.20.